The minimum atomic E-state index is -0.607. The van der Waals surface area contributed by atoms with Gasteiger partial charge in [0.25, 0.3) is 0 Å². The summed E-state index contributed by atoms with van der Waals surface area (Å²) in [6.07, 6.45) is 0.457. The van der Waals surface area contributed by atoms with Crippen molar-refractivity contribution < 1.29 is 9.59 Å². The lowest BCUT2D eigenvalue weighted by molar-refractivity contribution is -0.139. The van der Waals surface area contributed by atoms with Crippen LogP contribution in [-0.4, -0.2) is 35.1 Å². The number of halogens is 1. The Balaban J connectivity index is 1.82. The Kier molecular flexibility index (Phi) is 10.7. The van der Waals surface area contributed by atoms with Crippen molar-refractivity contribution in [1.82, 2.24) is 10.2 Å². The topological polar surface area (TPSA) is 49.4 Å². The molecular weight excluding hydrogens is 476 g/mol. The number of thioether (sulfide) groups is 1. The van der Waals surface area contributed by atoms with Crippen molar-refractivity contribution in [2.45, 2.75) is 38.6 Å². The molecule has 0 aromatic heterocycles. The van der Waals surface area contributed by atoms with Crippen molar-refractivity contribution in [3.05, 3.63) is 107 Å². The molecule has 0 bridgehead atoms. The largest absolute Gasteiger partial charge is 0.354 e. The summed E-state index contributed by atoms with van der Waals surface area (Å²) in [6, 6.07) is 26.8. The Morgan fingerprint density at radius 1 is 0.886 bits per heavy atom. The molecule has 3 aromatic carbocycles. The van der Waals surface area contributed by atoms with E-state index in [1.165, 1.54) is 11.8 Å². The van der Waals surface area contributed by atoms with E-state index in [9.17, 15) is 9.59 Å². The third-order valence-electron chi connectivity index (χ3n) is 5.59. The van der Waals surface area contributed by atoms with Gasteiger partial charge in [-0.25, -0.2) is 0 Å². The normalized spacial score (nSPS) is 11.8. The molecule has 0 spiro atoms. The second-order valence-corrected chi connectivity index (χ2v) is 10.3. The van der Waals surface area contributed by atoms with Gasteiger partial charge >= 0.3 is 0 Å². The number of carbonyl (C=O) groups excluding carboxylic acids is 2. The third-order valence-corrected chi connectivity index (χ3v) is 6.93. The first-order valence-electron chi connectivity index (χ1n) is 11.9. The van der Waals surface area contributed by atoms with Gasteiger partial charge in [-0.2, -0.15) is 0 Å². The fourth-order valence-corrected chi connectivity index (χ4v) is 4.90. The van der Waals surface area contributed by atoms with Crippen LogP contribution in [0.1, 0.15) is 30.5 Å². The predicted octanol–water partition coefficient (Wildman–Crippen LogP) is 5.99. The summed E-state index contributed by atoms with van der Waals surface area (Å²) in [4.78, 5) is 28.7. The third kappa shape index (κ3) is 8.75. The number of benzene rings is 3. The molecule has 1 N–H and O–H groups in total. The van der Waals surface area contributed by atoms with E-state index in [1.54, 1.807) is 4.90 Å². The lowest BCUT2D eigenvalue weighted by atomic mass is 10.0. The number of hydrogen-bond acceptors (Lipinski definition) is 3. The molecule has 6 heteroatoms. The van der Waals surface area contributed by atoms with Gasteiger partial charge in [-0.15, -0.1) is 11.8 Å². The Bertz CT molecular complexity index is 1080. The average Bonchev–Trinajstić information content (AvgIpc) is 2.87. The van der Waals surface area contributed by atoms with Crippen LogP contribution in [0, 0.1) is 5.92 Å². The fraction of sp³-hybridized carbons (Fsp3) is 0.310. The molecule has 0 radical (unpaired) electrons. The molecule has 3 aromatic rings. The fourth-order valence-electron chi connectivity index (χ4n) is 3.70. The van der Waals surface area contributed by atoms with Gasteiger partial charge in [-0.05, 0) is 28.7 Å². The summed E-state index contributed by atoms with van der Waals surface area (Å²) in [6.45, 7) is 5.06. The maximum Gasteiger partial charge on any atom is 0.243 e. The molecule has 2 amide bonds. The molecule has 0 saturated carbocycles. The lowest BCUT2D eigenvalue weighted by Gasteiger charge is -2.32. The van der Waals surface area contributed by atoms with Gasteiger partial charge in [0.2, 0.25) is 11.8 Å². The molecule has 4 nitrogen and oxygen atoms in total. The van der Waals surface area contributed by atoms with E-state index in [0.717, 1.165) is 16.7 Å². The first kappa shape index (κ1) is 26.8. The van der Waals surface area contributed by atoms with Crippen LogP contribution in [0.5, 0.6) is 0 Å². The van der Waals surface area contributed by atoms with Crippen LogP contribution in [0.3, 0.4) is 0 Å². The smallest absolute Gasteiger partial charge is 0.243 e. The number of hydrogen-bond donors (Lipinski definition) is 1. The van der Waals surface area contributed by atoms with Crippen LogP contribution < -0.4 is 5.32 Å². The highest BCUT2D eigenvalue weighted by Crippen LogP contribution is 2.22. The van der Waals surface area contributed by atoms with E-state index in [-0.39, 0.29) is 17.6 Å². The van der Waals surface area contributed by atoms with Crippen molar-refractivity contribution in [3.63, 3.8) is 0 Å². The monoisotopic (exact) mass is 508 g/mol. The summed E-state index contributed by atoms with van der Waals surface area (Å²) in [5.41, 5.74) is 3.01. The molecule has 184 valence electrons. The summed E-state index contributed by atoms with van der Waals surface area (Å²) < 4.78 is 0. The molecule has 0 fully saturated rings. The van der Waals surface area contributed by atoms with Crippen molar-refractivity contribution in [3.8, 4) is 0 Å². The number of nitrogens with one attached hydrogen (secondary N) is 1. The van der Waals surface area contributed by atoms with Crippen LogP contribution in [0.25, 0.3) is 0 Å². The predicted molar refractivity (Wildman–Crippen MR) is 146 cm³/mol. The average molecular weight is 509 g/mol. The molecule has 1 atom stereocenters. The van der Waals surface area contributed by atoms with Gasteiger partial charge in [-0.3, -0.25) is 9.59 Å². The summed E-state index contributed by atoms with van der Waals surface area (Å²) >= 11 is 7.80. The Morgan fingerprint density at radius 3 is 2.11 bits per heavy atom. The van der Waals surface area contributed by atoms with Crippen LogP contribution in [-0.2, 0) is 28.3 Å². The summed E-state index contributed by atoms with van der Waals surface area (Å²) in [5, 5.41) is 3.75. The van der Waals surface area contributed by atoms with Crippen LogP contribution >= 0.6 is 23.4 Å². The lowest BCUT2D eigenvalue weighted by Crippen LogP contribution is -2.51. The highest BCUT2D eigenvalue weighted by molar-refractivity contribution is 7.99. The molecule has 0 saturated heterocycles. The van der Waals surface area contributed by atoms with Crippen LogP contribution in [0.2, 0.25) is 5.02 Å². The highest BCUT2D eigenvalue weighted by atomic mass is 35.5. The maximum absolute atomic E-state index is 13.6. The first-order chi connectivity index (χ1) is 16.9. The quantitative estimate of drug-likeness (QED) is 0.327. The van der Waals surface area contributed by atoms with Gasteiger partial charge in [0, 0.05) is 30.3 Å². The molecule has 0 unspecified atom stereocenters. The minimum Gasteiger partial charge on any atom is -0.354 e. The molecule has 3 rings (SSSR count). The van der Waals surface area contributed by atoms with Crippen LogP contribution in [0.4, 0.5) is 0 Å². The molecule has 0 aliphatic carbocycles. The SMILES string of the molecule is CC(C)CNC(=O)[C@@H](Cc1ccccc1)N(Cc1ccccc1)C(=O)CSCc1ccccc1Cl. The van der Waals surface area contributed by atoms with Crippen molar-refractivity contribution in [1.29, 1.82) is 0 Å². The van der Waals surface area contributed by atoms with Gasteiger partial charge in [0.1, 0.15) is 6.04 Å². The maximum atomic E-state index is 13.6. The molecule has 0 aliphatic rings. The second kappa shape index (κ2) is 14.0. The number of rotatable bonds is 12. The standard InChI is InChI=1S/C29H33ClN2O2S/c1-22(2)18-31-29(34)27(17-23-11-5-3-6-12-23)32(19-24-13-7-4-8-14-24)28(33)21-35-20-25-15-9-10-16-26(25)30/h3-16,22,27H,17-21H2,1-2H3,(H,31,34)/t27-/m1/s1. The number of carbonyl (C=O) groups is 2. The Hall–Kier alpha value is -2.76. The van der Waals surface area contributed by atoms with Gasteiger partial charge in [0.15, 0.2) is 0 Å². The summed E-state index contributed by atoms with van der Waals surface area (Å²) in [5.74, 6) is 1.03. The molecular formula is C29H33ClN2O2S. The highest BCUT2D eigenvalue weighted by Gasteiger charge is 2.30. The molecule has 35 heavy (non-hydrogen) atoms. The first-order valence-corrected chi connectivity index (χ1v) is 13.4. The second-order valence-electron chi connectivity index (χ2n) is 8.94. The van der Waals surface area contributed by atoms with Crippen molar-refractivity contribution >= 4 is 35.2 Å². The van der Waals surface area contributed by atoms with E-state index >= 15 is 0 Å². The van der Waals surface area contributed by atoms with E-state index in [1.807, 2.05) is 84.9 Å². The zero-order valence-corrected chi connectivity index (χ0v) is 21.9. The molecule has 0 heterocycles. The molecule has 0 aliphatic heterocycles. The van der Waals surface area contributed by atoms with Crippen molar-refractivity contribution in [2.75, 3.05) is 12.3 Å². The van der Waals surface area contributed by atoms with Crippen molar-refractivity contribution in [2.24, 2.45) is 5.92 Å². The Labute approximate surface area is 218 Å². The van der Waals surface area contributed by atoms with E-state index < -0.39 is 6.04 Å². The summed E-state index contributed by atoms with van der Waals surface area (Å²) in [7, 11) is 0. The zero-order chi connectivity index (χ0) is 25.0. The van der Waals surface area contributed by atoms with E-state index in [0.29, 0.717) is 36.2 Å². The zero-order valence-electron chi connectivity index (χ0n) is 20.3. The van der Waals surface area contributed by atoms with Gasteiger partial charge in [0.05, 0.1) is 5.75 Å². The van der Waals surface area contributed by atoms with E-state index in [2.05, 4.69) is 19.2 Å². The Morgan fingerprint density at radius 2 is 1.49 bits per heavy atom. The van der Waals surface area contributed by atoms with Gasteiger partial charge in [-0.1, -0.05) is 104 Å². The minimum absolute atomic E-state index is 0.0634. The number of nitrogens with zero attached hydrogens (tertiary/aromatic N) is 1. The van der Waals surface area contributed by atoms with E-state index in [4.69, 9.17) is 11.6 Å². The van der Waals surface area contributed by atoms with Gasteiger partial charge < -0.3 is 10.2 Å². The number of amides is 2. The van der Waals surface area contributed by atoms with Crippen LogP contribution in [0.15, 0.2) is 84.9 Å².